The van der Waals surface area contributed by atoms with Gasteiger partial charge in [0.15, 0.2) is 0 Å². The van der Waals surface area contributed by atoms with E-state index >= 15 is 0 Å². The molecule has 0 bridgehead atoms. The van der Waals surface area contributed by atoms with E-state index in [0.29, 0.717) is 45.2 Å². The Labute approximate surface area is 228 Å². The maximum atomic E-state index is 13.6. The Bertz CT molecular complexity index is 879. The highest BCUT2D eigenvalue weighted by Crippen LogP contribution is 2.38. The number of nitrogens with zero attached hydrogens (tertiary/aromatic N) is 2. The fourth-order valence-corrected chi connectivity index (χ4v) is 8.59. The smallest absolute Gasteiger partial charge is 0.239 e. The second kappa shape index (κ2) is 11.9. The molecule has 0 aromatic heterocycles. The fourth-order valence-electron chi connectivity index (χ4n) is 6.89. The summed E-state index contributed by atoms with van der Waals surface area (Å²) >= 11 is 8.17. The first kappa shape index (κ1) is 27.4. The number of alkyl halides is 1. The van der Waals surface area contributed by atoms with Crippen LogP contribution >= 0.6 is 23.4 Å². The van der Waals surface area contributed by atoms with Gasteiger partial charge in [0.05, 0.1) is 29.6 Å². The molecule has 12 heteroatoms. The summed E-state index contributed by atoms with van der Waals surface area (Å²) in [5, 5.41) is 26.4. The first-order valence-corrected chi connectivity index (χ1v) is 15.0. The van der Waals surface area contributed by atoms with E-state index in [-0.39, 0.29) is 69.9 Å². The van der Waals surface area contributed by atoms with Crippen LogP contribution in [0.2, 0.25) is 0 Å². The molecule has 0 aromatic rings. The van der Waals surface area contributed by atoms with Crippen LogP contribution in [0.15, 0.2) is 0 Å². The number of nitrogens with one attached hydrogen (secondary N) is 5. The van der Waals surface area contributed by atoms with Gasteiger partial charge < -0.3 is 25.6 Å². The topological polar surface area (TPSA) is 131 Å². The lowest BCUT2D eigenvalue weighted by molar-refractivity contribution is -0.133. The van der Waals surface area contributed by atoms with E-state index < -0.39 is 0 Å². The molecule has 206 valence electrons. The summed E-state index contributed by atoms with van der Waals surface area (Å²) in [5.41, 5.74) is -0.264. The number of halogens is 1. The van der Waals surface area contributed by atoms with Crippen molar-refractivity contribution in [3.05, 3.63) is 0 Å². The number of ether oxygens (including phenoxy) is 1. The second-order valence-corrected chi connectivity index (χ2v) is 13.2. The molecule has 5 aliphatic rings. The Balaban J connectivity index is 1.16. The van der Waals surface area contributed by atoms with E-state index in [0.717, 1.165) is 19.3 Å². The van der Waals surface area contributed by atoms with Crippen molar-refractivity contribution >= 4 is 35.2 Å². The first-order valence-electron chi connectivity index (χ1n) is 13.6. The first-order chi connectivity index (χ1) is 17.9. The number of carbonyl (C=O) groups is 2. The zero-order chi connectivity index (χ0) is 26.1. The van der Waals surface area contributed by atoms with Crippen LogP contribution < -0.4 is 26.6 Å². The normalized spacial score (nSPS) is 44.2. The van der Waals surface area contributed by atoms with Crippen molar-refractivity contribution in [3.8, 4) is 6.07 Å². The third kappa shape index (κ3) is 6.06. The van der Waals surface area contributed by atoms with Crippen LogP contribution in [0.25, 0.3) is 0 Å². The number of piperidine rings is 3. The van der Waals surface area contributed by atoms with E-state index in [4.69, 9.17) is 16.3 Å². The van der Waals surface area contributed by atoms with E-state index in [1.54, 1.807) is 18.9 Å². The molecule has 37 heavy (non-hydrogen) atoms. The summed E-state index contributed by atoms with van der Waals surface area (Å²) in [6, 6.07) is 2.54. The monoisotopic (exact) mass is 553 g/mol. The van der Waals surface area contributed by atoms with Gasteiger partial charge in [0, 0.05) is 56.5 Å². The number of likely N-dealkylation sites (tertiary alicyclic amines) is 1. The van der Waals surface area contributed by atoms with Crippen molar-refractivity contribution in [2.24, 2.45) is 23.7 Å². The number of rotatable bonds is 5. The average Bonchev–Trinajstić information content (AvgIpc) is 3.47. The van der Waals surface area contributed by atoms with Crippen molar-refractivity contribution in [2.75, 3.05) is 39.8 Å². The summed E-state index contributed by atoms with van der Waals surface area (Å²) < 4.78 is 5.80. The Morgan fingerprint density at radius 1 is 1.14 bits per heavy atom. The van der Waals surface area contributed by atoms with E-state index in [2.05, 4.69) is 39.6 Å². The molecule has 5 N–H and O–H groups in total. The Morgan fingerprint density at radius 3 is 2.73 bits per heavy atom. The van der Waals surface area contributed by atoms with E-state index in [1.165, 1.54) is 0 Å². The summed E-state index contributed by atoms with van der Waals surface area (Å²) in [4.78, 5) is 28.5. The van der Waals surface area contributed by atoms with Crippen LogP contribution in [-0.4, -0.2) is 97.0 Å². The van der Waals surface area contributed by atoms with Crippen molar-refractivity contribution in [2.45, 2.75) is 73.1 Å². The summed E-state index contributed by atoms with van der Waals surface area (Å²) in [6.07, 6.45) is 3.14. The maximum absolute atomic E-state index is 13.6. The number of thioether (sulfide) groups is 1. The highest BCUT2D eigenvalue weighted by atomic mass is 35.5. The van der Waals surface area contributed by atoms with Gasteiger partial charge in [0.2, 0.25) is 11.8 Å². The molecular weight excluding hydrogens is 514 g/mol. The molecule has 5 heterocycles. The minimum Gasteiger partial charge on any atom is -0.380 e. The minimum atomic E-state index is -0.269. The largest absolute Gasteiger partial charge is 0.380 e. The second-order valence-electron chi connectivity index (χ2n) is 11.3. The Kier molecular flexibility index (Phi) is 8.86. The van der Waals surface area contributed by atoms with Gasteiger partial charge in [-0.05, 0) is 51.0 Å². The summed E-state index contributed by atoms with van der Waals surface area (Å²) in [7, 11) is 1.74. The average molecular weight is 554 g/mol. The molecule has 5 aliphatic heterocycles. The molecule has 5 saturated heterocycles. The zero-order valence-electron chi connectivity index (χ0n) is 21.6. The van der Waals surface area contributed by atoms with Crippen molar-refractivity contribution < 1.29 is 14.3 Å². The predicted octanol–water partition coefficient (Wildman–Crippen LogP) is -0.00262. The molecule has 5 fully saturated rings. The van der Waals surface area contributed by atoms with Crippen LogP contribution in [0, 0.1) is 35.0 Å². The van der Waals surface area contributed by atoms with Gasteiger partial charge in [0.25, 0.3) is 0 Å². The van der Waals surface area contributed by atoms with Crippen LogP contribution in [-0.2, 0) is 14.3 Å². The summed E-state index contributed by atoms with van der Waals surface area (Å²) in [6.45, 7) is 5.53. The van der Waals surface area contributed by atoms with E-state index in [9.17, 15) is 14.9 Å². The van der Waals surface area contributed by atoms with Gasteiger partial charge in [0.1, 0.15) is 5.50 Å². The molecular formula is C25H40ClN7O3S. The zero-order valence-corrected chi connectivity index (χ0v) is 23.2. The minimum absolute atomic E-state index is 0.0459. The maximum Gasteiger partial charge on any atom is 0.239 e. The number of hydrogen-bond donors (Lipinski definition) is 5. The van der Waals surface area contributed by atoms with Gasteiger partial charge in [-0.1, -0.05) is 0 Å². The SMILES string of the molecule is COC1CNC(Cl)CC1C1CC(C)NCC1C(=O)NC1NC2CN(C(=O)C3CC(C#N)CCN3)CC2S1. The molecule has 0 spiro atoms. The molecule has 0 saturated carbocycles. The molecule has 11 unspecified atom stereocenters. The number of methoxy groups -OCH3 is 1. The van der Waals surface area contributed by atoms with Gasteiger partial charge in [-0.2, -0.15) is 5.26 Å². The molecule has 0 aromatic carbocycles. The number of carbonyl (C=O) groups excluding carboxylic acids is 2. The molecule has 0 aliphatic carbocycles. The fraction of sp³-hybridized carbons (Fsp3) is 0.880. The number of hydrogen-bond acceptors (Lipinski definition) is 9. The lowest BCUT2D eigenvalue weighted by Gasteiger charge is -2.45. The molecule has 10 nitrogen and oxygen atoms in total. The number of fused-ring (bicyclic) bond motifs is 1. The van der Waals surface area contributed by atoms with E-state index in [1.807, 2.05) is 4.90 Å². The molecule has 11 atom stereocenters. The highest BCUT2D eigenvalue weighted by molar-refractivity contribution is 8.00. The van der Waals surface area contributed by atoms with Crippen molar-refractivity contribution in [1.29, 1.82) is 5.26 Å². The summed E-state index contributed by atoms with van der Waals surface area (Å²) in [5.74, 6) is 0.387. The third-order valence-electron chi connectivity index (χ3n) is 8.93. The standard InChI is InChI=1S/C25H40ClN7O3S/c1-13-5-15(16-7-22(26)30-10-20(16)36-2)17(9-29-13)23(34)32-25-31-19-11-33(12-21(19)37-25)24(35)18-6-14(8-27)3-4-28-18/h13-22,25,28-31H,3-7,9-12H2,1-2H3,(H,32,34). The van der Waals surface area contributed by atoms with Crippen molar-refractivity contribution in [3.63, 3.8) is 0 Å². The lowest BCUT2D eigenvalue weighted by Crippen LogP contribution is -2.57. The van der Waals surface area contributed by atoms with Crippen LogP contribution in [0.4, 0.5) is 0 Å². The lowest BCUT2D eigenvalue weighted by atomic mass is 9.70. The van der Waals surface area contributed by atoms with Gasteiger partial charge >= 0.3 is 0 Å². The van der Waals surface area contributed by atoms with Crippen LogP contribution in [0.1, 0.15) is 32.6 Å². The number of amides is 2. The van der Waals surface area contributed by atoms with Crippen LogP contribution in [0.3, 0.4) is 0 Å². The third-order valence-corrected chi connectivity index (χ3v) is 10.6. The number of nitriles is 1. The Morgan fingerprint density at radius 2 is 1.97 bits per heavy atom. The molecule has 5 rings (SSSR count). The molecule has 0 radical (unpaired) electrons. The predicted molar refractivity (Wildman–Crippen MR) is 143 cm³/mol. The van der Waals surface area contributed by atoms with Gasteiger partial charge in [-0.15, -0.1) is 23.4 Å². The highest BCUT2D eigenvalue weighted by Gasteiger charge is 2.47. The molecule has 2 amide bonds. The quantitative estimate of drug-likeness (QED) is 0.236. The van der Waals surface area contributed by atoms with Gasteiger partial charge in [-0.3, -0.25) is 20.2 Å². The van der Waals surface area contributed by atoms with Gasteiger partial charge in [-0.25, -0.2) is 0 Å². The van der Waals surface area contributed by atoms with Crippen LogP contribution in [0.5, 0.6) is 0 Å². The Hall–Kier alpha value is -1.13. The van der Waals surface area contributed by atoms with Crippen molar-refractivity contribution in [1.82, 2.24) is 31.5 Å².